The van der Waals surface area contributed by atoms with Crippen molar-refractivity contribution in [2.75, 3.05) is 4.90 Å². The van der Waals surface area contributed by atoms with Crippen LogP contribution in [0.1, 0.15) is 65.8 Å². The van der Waals surface area contributed by atoms with Crippen molar-refractivity contribution < 1.29 is 37.1 Å². The van der Waals surface area contributed by atoms with Crippen LogP contribution in [0.15, 0.2) is 77.8 Å². The second-order valence-electron chi connectivity index (χ2n) is 11.1. The van der Waals surface area contributed by atoms with Gasteiger partial charge < -0.3 is 26.0 Å². The summed E-state index contributed by atoms with van der Waals surface area (Å²) in [5.41, 5.74) is 13.6. The Morgan fingerprint density at radius 3 is 2.21 bits per heavy atom. The number of amides is 2. The number of carbonyl (C=O) groups is 4. The molecule has 0 aliphatic carbocycles. The third-order valence-corrected chi connectivity index (χ3v) is 7.20. The highest BCUT2D eigenvalue weighted by molar-refractivity contribution is 6.12. The minimum absolute atomic E-state index is 0.0467. The molecule has 1 aliphatic rings. The molecule has 47 heavy (non-hydrogen) atoms. The molecule has 13 heteroatoms. The van der Waals surface area contributed by atoms with Crippen LogP contribution in [-0.2, 0) is 25.7 Å². The minimum atomic E-state index is -5.39. The largest absolute Gasteiger partial charge is 0.491 e. The fourth-order valence-electron chi connectivity index (χ4n) is 5.16. The predicted octanol–water partition coefficient (Wildman–Crippen LogP) is 4.21. The van der Waals surface area contributed by atoms with E-state index in [0.717, 1.165) is 10.5 Å². The average molecular weight is 648 g/mol. The molecule has 0 radical (unpaired) electrons. The van der Waals surface area contributed by atoms with Crippen molar-refractivity contribution in [3.8, 4) is 11.8 Å². The molecule has 1 heterocycles. The fraction of sp³-hybridized carbons (Fsp3) is 0.265. The average Bonchev–Trinajstić information content (AvgIpc) is 3.10. The van der Waals surface area contributed by atoms with E-state index in [2.05, 4.69) is 21.6 Å². The highest BCUT2D eigenvalue weighted by Gasteiger charge is 2.45. The summed E-state index contributed by atoms with van der Waals surface area (Å²) in [4.78, 5) is 59.1. The number of anilines is 1. The van der Waals surface area contributed by atoms with Crippen LogP contribution in [-0.4, -0.2) is 52.9 Å². The summed E-state index contributed by atoms with van der Waals surface area (Å²) in [6.07, 6.45) is -6.18. The normalized spacial score (nSPS) is 15.3. The Bertz CT molecular complexity index is 1780. The lowest BCUT2D eigenvalue weighted by atomic mass is 10.0. The van der Waals surface area contributed by atoms with E-state index in [4.69, 9.17) is 11.5 Å². The maximum Gasteiger partial charge on any atom is 0.491 e. The quantitative estimate of drug-likeness (QED) is 0.128. The van der Waals surface area contributed by atoms with Crippen LogP contribution >= 0.6 is 0 Å². The number of nitrogens with two attached hydrogens (primary N) is 2. The Kier molecular flexibility index (Phi) is 10.3. The number of esters is 2. The van der Waals surface area contributed by atoms with Crippen molar-refractivity contribution in [1.29, 1.82) is 0 Å². The standard InChI is InChI=1S/C34H32F3N5O5/c1-20(2)41-27-15-14-23(13-12-22-8-7-9-24(17-22)19-40-33(38)39)18-26(27)30(44)42(29(31(41)45)25-10-5-4-6-11-25)21(3)16-28(43)47-32(46)34(35,36)37/h4-11,14-15,17-18,20-21,29H,16,19H2,1-3H3,(H4,38,39,40). The predicted molar refractivity (Wildman–Crippen MR) is 168 cm³/mol. The van der Waals surface area contributed by atoms with E-state index in [1.165, 1.54) is 17.9 Å². The number of halogens is 3. The number of alkyl halides is 3. The monoisotopic (exact) mass is 647 g/mol. The van der Waals surface area contributed by atoms with Crippen LogP contribution in [0.4, 0.5) is 18.9 Å². The first-order chi connectivity index (χ1) is 22.2. The summed E-state index contributed by atoms with van der Waals surface area (Å²) >= 11 is 0. The van der Waals surface area contributed by atoms with Crippen molar-refractivity contribution >= 4 is 35.4 Å². The molecule has 10 nitrogen and oxygen atoms in total. The van der Waals surface area contributed by atoms with E-state index >= 15 is 0 Å². The Hall–Kier alpha value is -5.64. The van der Waals surface area contributed by atoms with Gasteiger partial charge in [0, 0.05) is 23.2 Å². The summed E-state index contributed by atoms with van der Waals surface area (Å²) < 4.78 is 42.3. The Morgan fingerprint density at radius 2 is 1.60 bits per heavy atom. The molecule has 0 fully saturated rings. The van der Waals surface area contributed by atoms with E-state index in [9.17, 15) is 32.3 Å². The van der Waals surface area contributed by atoms with Gasteiger partial charge in [0.1, 0.15) is 6.04 Å². The molecule has 0 saturated carbocycles. The first kappa shape index (κ1) is 34.2. The van der Waals surface area contributed by atoms with Crippen LogP contribution < -0.4 is 16.4 Å². The summed E-state index contributed by atoms with van der Waals surface area (Å²) in [5, 5.41) is 0. The van der Waals surface area contributed by atoms with Gasteiger partial charge in [-0.15, -0.1) is 0 Å². The SMILES string of the molecule is CC(C)N1C(=O)C(c2ccccc2)N(C(C)CC(=O)OC(=O)C(F)(F)F)C(=O)c2cc(C#Cc3cccc(CN=C(N)N)c3)ccc21. The molecule has 2 atom stereocenters. The molecule has 3 aromatic rings. The molecule has 0 aromatic heterocycles. The minimum Gasteiger partial charge on any atom is -0.386 e. The molecule has 2 amide bonds. The van der Waals surface area contributed by atoms with Crippen LogP contribution in [0, 0.1) is 11.8 Å². The van der Waals surface area contributed by atoms with E-state index in [-0.39, 0.29) is 18.1 Å². The van der Waals surface area contributed by atoms with Crippen molar-refractivity contribution in [3.63, 3.8) is 0 Å². The summed E-state index contributed by atoms with van der Waals surface area (Å²) in [7, 11) is 0. The van der Waals surface area contributed by atoms with Crippen molar-refractivity contribution in [2.24, 2.45) is 16.5 Å². The molecular weight excluding hydrogens is 615 g/mol. The number of rotatable bonds is 7. The second kappa shape index (κ2) is 14.2. The van der Waals surface area contributed by atoms with Gasteiger partial charge in [0.05, 0.1) is 24.2 Å². The Labute approximate surface area is 269 Å². The molecule has 4 rings (SSSR count). The first-order valence-corrected chi connectivity index (χ1v) is 14.5. The van der Waals surface area contributed by atoms with Crippen LogP contribution in [0.25, 0.3) is 0 Å². The summed E-state index contributed by atoms with van der Waals surface area (Å²) in [5.74, 6) is 0.680. The maximum absolute atomic E-state index is 14.4. The summed E-state index contributed by atoms with van der Waals surface area (Å²) in [6.45, 7) is 5.20. The van der Waals surface area contributed by atoms with Gasteiger partial charge in [0.2, 0.25) is 0 Å². The van der Waals surface area contributed by atoms with E-state index in [1.807, 2.05) is 12.1 Å². The zero-order chi connectivity index (χ0) is 34.5. The summed E-state index contributed by atoms with van der Waals surface area (Å²) in [6, 6.07) is 17.5. The van der Waals surface area contributed by atoms with Crippen molar-refractivity contribution in [1.82, 2.24) is 4.90 Å². The van der Waals surface area contributed by atoms with E-state index in [1.54, 1.807) is 68.4 Å². The molecule has 0 spiro atoms. The number of hydrogen-bond acceptors (Lipinski definition) is 6. The van der Waals surface area contributed by atoms with E-state index < -0.39 is 54.5 Å². The Balaban J connectivity index is 1.78. The first-order valence-electron chi connectivity index (χ1n) is 14.5. The van der Waals surface area contributed by atoms with Crippen LogP contribution in [0.3, 0.4) is 0 Å². The highest BCUT2D eigenvalue weighted by atomic mass is 19.4. The van der Waals surface area contributed by atoms with Gasteiger partial charge in [0.25, 0.3) is 11.8 Å². The molecule has 0 saturated heterocycles. The second-order valence-corrected chi connectivity index (χ2v) is 11.1. The lowest BCUT2D eigenvalue weighted by molar-refractivity contribution is -0.202. The molecule has 3 aromatic carbocycles. The number of nitrogens with zero attached hydrogens (tertiary/aromatic N) is 3. The lowest BCUT2D eigenvalue weighted by Gasteiger charge is -2.36. The third-order valence-electron chi connectivity index (χ3n) is 7.20. The zero-order valence-corrected chi connectivity index (χ0v) is 25.7. The van der Waals surface area contributed by atoms with E-state index in [0.29, 0.717) is 22.4 Å². The van der Waals surface area contributed by atoms with Crippen molar-refractivity contribution in [3.05, 3.63) is 101 Å². The number of carbonyl (C=O) groups excluding carboxylic acids is 4. The number of guanidine groups is 1. The van der Waals surface area contributed by atoms with Crippen LogP contribution in [0.2, 0.25) is 0 Å². The van der Waals surface area contributed by atoms with Crippen molar-refractivity contribution in [2.45, 2.75) is 58.0 Å². The molecule has 0 bridgehead atoms. The zero-order valence-electron chi connectivity index (χ0n) is 25.7. The Morgan fingerprint density at radius 1 is 0.936 bits per heavy atom. The lowest BCUT2D eigenvalue weighted by Crippen LogP contribution is -2.48. The molecule has 1 aliphatic heterocycles. The van der Waals surface area contributed by atoms with Gasteiger partial charge in [-0.05, 0) is 62.2 Å². The van der Waals surface area contributed by atoms with Gasteiger partial charge in [-0.25, -0.2) is 9.79 Å². The van der Waals surface area contributed by atoms with Gasteiger partial charge in [-0.2, -0.15) is 13.2 Å². The molecule has 2 unspecified atom stereocenters. The molecule has 4 N–H and O–H groups in total. The maximum atomic E-state index is 14.4. The number of aliphatic imine (C=N–C) groups is 1. The van der Waals surface area contributed by atoms with Crippen LogP contribution in [0.5, 0.6) is 0 Å². The topological polar surface area (TPSA) is 148 Å². The number of benzene rings is 3. The molecule has 244 valence electrons. The van der Waals surface area contributed by atoms with Gasteiger partial charge in [-0.1, -0.05) is 54.3 Å². The number of fused-ring (bicyclic) bond motifs is 1. The fourth-order valence-corrected chi connectivity index (χ4v) is 5.16. The highest BCUT2D eigenvalue weighted by Crippen LogP contribution is 2.38. The van der Waals surface area contributed by atoms with Gasteiger partial charge in [0.15, 0.2) is 5.96 Å². The smallest absolute Gasteiger partial charge is 0.386 e. The third kappa shape index (κ3) is 8.15. The number of hydrogen-bond donors (Lipinski definition) is 2. The van der Waals surface area contributed by atoms with Gasteiger partial charge in [-0.3, -0.25) is 14.4 Å². The number of ether oxygens (including phenoxy) is 1. The van der Waals surface area contributed by atoms with Gasteiger partial charge >= 0.3 is 18.1 Å². The molecular formula is C34H32F3N5O5.